The van der Waals surface area contributed by atoms with Gasteiger partial charge in [-0.25, -0.2) is 4.98 Å². The van der Waals surface area contributed by atoms with E-state index in [0.717, 1.165) is 23.3 Å². The molecular weight excluding hydrogens is 364 g/mol. The van der Waals surface area contributed by atoms with Crippen LogP contribution in [0, 0.1) is 6.92 Å². The van der Waals surface area contributed by atoms with Crippen molar-refractivity contribution in [3.8, 4) is 0 Å². The number of aryl methyl sites for hydroxylation is 1. The highest BCUT2D eigenvalue weighted by Crippen LogP contribution is 2.36. The number of amides is 2. The number of aromatic nitrogens is 2. The molecule has 0 aromatic carbocycles. The van der Waals surface area contributed by atoms with Gasteiger partial charge in [0.1, 0.15) is 11.2 Å². The Balaban J connectivity index is 1.70. The lowest BCUT2D eigenvalue weighted by Crippen LogP contribution is -2.35. The van der Waals surface area contributed by atoms with Crippen LogP contribution in [0.15, 0.2) is 41.5 Å². The minimum Gasteiger partial charge on any atom is -0.365 e. The number of thiophene rings is 1. The summed E-state index contributed by atoms with van der Waals surface area (Å²) in [6.07, 6.45) is 4.61. The second-order valence-electron chi connectivity index (χ2n) is 6.63. The second-order valence-corrected chi connectivity index (χ2v) is 7.75. The van der Waals surface area contributed by atoms with Crippen LogP contribution in [0.2, 0.25) is 0 Å². The van der Waals surface area contributed by atoms with E-state index in [1.54, 1.807) is 29.3 Å². The number of pyridine rings is 1. The lowest BCUT2D eigenvalue weighted by atomic mass is 10.1. The summed E-state index contributed by atoms with van der Waals surface area (Å²) in [4.78, 5) is 44.6. The van der Waals surface area contributed by atoms with Crippen molar-refractivity contribution in [1.29, 1.82) is 0 Å². The fourth-order valence-corrected chi connectivity index (χ4v) is 4.46. The topological polar surface area (TPSA) is 97.8 Å². The molecule has 4 rings (SSSR count). The first-order valence-electron chi connectivity index (χ1n) is 8.64. The SMILES string of the molecule is Cc1ccn2c(=O)c(C(=O)N3CCCC3c3ccc(C(N)=O)s3)cnc2c1. The summed E-state index contributed by atoms with van der Waals surface area (Å²) in [5.41, 5.74) is 6.51. The van der Waals surface area contributed by atoms with Gasteiger partial charge in [-0.1, -0.05) is 0 Å². The molecule has 3 aromatic rings. The number of carbonyl (C=O) groups is 2. The standard InChI is InChI=1S/C19H18N4O3S/c1-11-6-8-23-16(9-11)21-10-12(19(23)26)18(25)22-7-2-3-13(22)14-4-5-15(27-14)17(20)24/h4-6,8-10,13H,2-3,7H2,1H3,(H2,20,24). The minimum absolute atomic E-state index is 0.0509. The predicted octanol–water partition coefficient (Wildman–Crippen LogP) is 2.14. The predicted molar refractivity (Wildman–Crippen MR) is 102 cm³/mol. The van der Waals surface area contributed by atoms with Gasteiger partial charge in [-0.05, 0) is 49.6 Å². The van der Waals surface area contributed by atoms with Gasteiger partial charge < -0.3 is 10.6 Å². The van der Waals surface area contributed by atoms with Crippen molar-refractivity contribution in [3.63, 3.8) is 0 Å². The monoisotopic (exact) mass is 382 g/mol. The number of nitrogens with two attached hydrogens (primary N) is 1. The molecule has 0 radical (unpaired) electrons. The molecule has 1 fully saturated rings. The molecule has 2 N–H and O–H groups in total. The second kappa shape index (κ2) is 6.62. The van der Waals surface area contributed by atoms with E-state index in [1.165, 1.54) is 21.9 Å². The third kappa shape index (κ3) is 3.02. The molecule has 0 spiro atoms. The molecular formula is C19H18N4O3S. The molecule has 7 nitrogen and oxygen atoms in total. The molecule has 0 aliphatic carbocycles. The highest BCUT2D eigenvalue weighted by Gasteiger charge is 2.33. The van der Waals surface area contributed by atoms with Crippen LogP contribution in [0.1, 0.15) is 49.4 Å². The number of fused-ring (bicyclic) bond motifs is 1. The fourth-order valence-electron chi connectivity index (χ4n) is 3.45. The number of nitrogens with zero attached hydrogens (tertiary/aromatic N) is 3. The Labute approximate surface area is 159 Å². The van der Waals surface area contributed by atoms with Crippen molar-refractivity contribution in [3.05, 3.63) is 67.9 Å². The van der Waals surface area contributed by atoms with Gasteiger partial charge in [0.2, 0.25) is 0 Å². The Kier molecular flexibility index (Phi) is 4.27. The third-order valence-electron chi connectivity index (χ3n) is 4.81. The molecule has 2 amide bonds. The van der Waals surface area contributed by atoms with Crippen molar-refractivity contribution in [2.24, 2.45) is 5.73 Å². The molecule has 1 atom stereocenters. The highest BCUT2D eigenvalue weighted by atomic mass is 32.1. The van der Waals surface area contributed by atoms with Gasteiger partial charge in [0.25, 0.3) is 17.4 Å². The zero-order chi connectivity index (χ0) is 19.1. The van der Waals surface area contributed by atoms with Crippen molar-refractivity contribution < 1.29 is 9.59 Å². The number of hydrogen-bond donors (Lipinski definition) is 1. The van der Waals surface area contributed by atoms with Crippen molar-refractivity contribution in [2.75, 3.05) is 6.54 Å². The van der Waals surface area contributed by atoms with Crippen LogP contribution in [-0.4, -0.2) is 32.6 Å². The van der Waals surface area contributed by atoms with Gasteiger partial charge in [0, 0.05) is 23.8 Å². The summed E-state index contributed by atoms with van der Waals surface area (Å²) < 4.78 is 1.39. The number of hydrogen-bond acceptors (Lipinski definition) is 5. The maximum atomic E-state index is 13.1. The molecule has 1 unspecified atom stereocenters. The van der Waals surface area contributed by atoms with Gasteiger partial charge in [0.05, 0.1) is 10.9 Å². The van der Waals surface area contributed by atoms with Gasteiger partial charge >= 0.3 is 0 Å². The maximum Gasteiger partial charge on any atom is 0.270 e. The summed E-state index contributed by atoms with van der Waals surface area (Å²) in [6.45, 7) is 2.48. The van der Waals surface area contributed by atoms with Crippen molar-refractivity contribution in [2.45, 2.75) is 25.8 Å². The van der Waals surface area contributed by atoms with E-state index in [1.807, 2.05) is 13.0 Å². The van der Waals surface area contributed by atoms with Crippen LogP contribution in [0.3, 0.4) is 0 Å². The summed E-state index contributed by atoms with van der Waals surface area (Å²) in [5, 5.41) is 0. The summed E-state index contributed by atoms with van der Waals surface area (Å²) in [6, 6.07) is 6.95. The van der Waals surface area contributed by atoms with E-state index in [2.05, 4.69) is 4.98 Å². The first kappa shape index (κ1) is 17.4. The van der Waals surface area contributed by atoms with Gasteiger partial charge in [-0.3, -0.25) is 18.8 Å². The Morgan fingerprint density at radius 3 is 2.85 bits per heavy atom. The van der Waals surface area contributed by atoms with Crippen LogP contribution in [0.25, 0.3) is 5.65 Å². The van der Waals surface area contributed by atoms with E-state index in [-0.39, 0.29) is 23.1 Å². The molecule has 138 valence electrons. The van der Waals surface area contributed by atoms with E-state index in [4.69, 9.17) is 5.73 Å². The van der Waals surface area contributed by atoms with Crippen molar-refractivity contribution >= 4 is 28.8 Å². The van der Waals surface area contributed by atoms with Gasteiger partial charge in [0.15, 0.2) is 0 Å². The van der Waals surface area contributed by atoms with E-state index in [9.17, 15) is 14.4 Å². The largest absolute Gasteiger partial charge is 0.365 e. The summed E-state index contributed by atoms with van der Waals surface area (Å²) in [5.74, 6) is -0.812. The number of likely N-dealkylation sites (tertiary alicyclic amines) is 1. The first-order valence-corrected chi connectivity index (χ1v) is 9.46. The molecule has 1 aliphatic rings. The molecule has 1 aliphatic heterocycles. The van der Waals surface area contributed by atoms with Crippen LogP contribution < -0.4 is 11.3 Å². The quantitative estimate of drug-likeness (QED) is 0.750. The van der Waals surface area contributed by atoms with Crippen LogP contribution in [0.4, 0.5) is 0 Å². The van der Waals surface area contributed by atoms with Crippen molar-refractivity contribution in [1.82, 2.24) is 14.3 Å². The summed E-state index contributed by atoms with van der Waals surface area (Å²) >= 11 is 1.30. The lowest BCUT2D eigenvalue weighted by Gasteiger charge is -2.23. The molecule has 8 heteroatoms. The zero-order valence-electron chi connectivity index (χ0n) is 14.7. The Morgan fingerprint density at radius 2 is 2.11 bits per heavy atom. The molecule has 1 saturated heterocycles. The molecule has 0 bridgehead atoms. The minimum atomic E-state index is -0.477. The van der Waals surface area contributed by atoms with E-state index in [0.29, 0.717) is 17.1 Å². The molecule has 27 heavy (non-hydrogen) atoms. The summed E-state index contributed by atoms with van der Waals surface area (Å²) in [7, 11) is 0. The van der Waals surface area contributed by atoms with Crippen LogP contribution in [0.5, 0.6) is 0 Å². The average Bonchev–Trinajstić information content (AvgIpc) is 3.30. The van der Waals surface area contributed by atoms with E-state index < -0.39 is 5.91 Å². The Bertz CT molecular complexity index is 1120. The number of primary amides is 1. The fraction of sp³-hybridized carbons (Fsp3) is 0.263. The lowest BCUT2D eigenvalue weighted by molar-refractivity contribution is 0.0735. The smallest absolute Gasteiger partial charge is 0.270 e. The van der Waals surface area contributed by atoms with Gasteiger partial charge in [-0.2, -0.15) is 0 Å². The third-order valence-corrected chi connectivity index (χ3v) is 6.01. The average molecular weight is 382 g/mol. The molecule has 3 aromatic heterocycles. The Morgan fingerprint density at radius 1 is 1.30 bits per heavy atom. The van der Waals surface area contributed by atoms with Crippen LogP contribution in [-0.2, 0) is 0 Å². The maximum absolute atomic E-state index is 13.1. The Hall–Kier alpha value is -3.00. The first-order chi connectivity index (χ1) is 13.0. The zero-order valence-corrected chi connectivity index (χ0v) is 15.5. The highest BCUT2D eigenvalue weighted by molar-refractivity contribution is 7.14. The van der Waals surface area contributed by atoms with Gasteiger partial charge in [-0.15, -0.1) is 11.3 Å². The molecule has 0 saturated carbocycles. The number of carbonyl (C=O) groups excluding carboxylic acids is 2. The van der Waals surface area contributed by atoms with E-state index >= 15 is 0 Å². The normalized spacial score (nSPS) is 16.8. The van der Waals surface area contributed by atoms with Crippen LogP contribution >= 0.6 is 11.3 Å². The number of rotatable bonds is 3. The molecule has 4 heterocycles.